The maximum absolute atomic E-state index is 11.8. The number of aryl methyl sites for hydroxylation is 2. The van der Waals surface area contributed by atoms with Crippen molar-refractivity contribution < 1.29 is 9.53 Å². The highest BCUT2D eigenvalue weighted by molar-refractivity contribution is 6.36. The van der Waals surface area contributed by atoms with Crippen LogP contribution in [-0.4, -0.2) is 27.8 Å². The molecular formula is C12H11Cl2N3O2. The molecule has 2 aromatic rings. The van der Waals surface area contributed by atoms with Crippen LogP contribution in [0.25, 0.3) is 11.4 Å². The molecule has 2 rings (SSSR count). The van der Waals surface area contributed by atoms with Crippen molar-refractivity contribution in [3.63, 3.8) is 0 Å². The van der Waals surface area contributed by atoms with Gasteiger partial charge in [0.05, 0.1) is 22.8 Å². The van der Waals surface area contributed by atoms with Crippen molar-refractivity contribution in [1.82, 2.24) is 14.8 Å². The molecule has 2 aromatic heterocycles. The van der Waals surface area contributed by atoms with Gasteiger partial charge in [-0.2, -0.15) is 5.10 Å². The lowest BCUT2D eigenvalue weighted by Crippen LogP contribution is -2.06. The fraction of sp³-hybridized carbons (Fsp3) is 0.250. The number of pyridine rings is 1. The van der Waals surface area contributed by atoms with Crippen LogP contribution in [0, 0.1) is 6.92 Å². The Kier molecular flexibility index (Phi) is 3.78. The van der Waals surface area contributed by atoms with Crippen LogP contribution in [-0.2, 0) is 11.8 Å². The van der Waals surface area contributed by atoms with Crippen LogP contribution in [0.5, 0.6) is 0 Å². The molecule has 0 atom stereocenters. The van der Waals surface area contributed by atoms with Gasteiger partial charge in [0.1, 0.15) is 17.0 Å². The van der Waals surface area contributed by atoms with Crippen LogP contribution in [0.3, 0.4) is 0 Å². The molecule has 0 saturated carbocycles. The smallest absolute Gasteiger partial charge is 0.342 e. The highest BCUT2D eigenvalue weighted by Crippen LogP contribution is 2.31. The molecule has 0 aliphatic heterocycles. The van der Waals surface area contributed by atoms with E-state index in [1.165, 1.54) is 13.3 Å². The van der Waals surface area contributed by atoms with Crippen molar-refractivity contribution in [1.29, 1.82) is 0 Å². The van der Waals surface area contributed by atoms with Gasteiger partial charge < -0.3 is 4.74 Å². The summed E-state index contributed by atoms with van der Waals surface area (Å²) in [7, 11) is 3.02. The SMILES string of the molecule is COC(=O)c1c(C)nn(C)c1-c1ncc(Cl)cc1Cl. The summed E-state index contributed by atoms with van der Waals surface area (Å²) in [6, 6.07) is 1.56. The first kappa shape index (κ1) is 13.8. The zero-order chi connectivity index (χ0) is 14.2. The summed E-state index contributed by atoms with van der Waals surface area (Å²) in [5.74, 6) is -0.478. The van der Waals surface area contributed by atoms with Gasteiger partial charge in [-0.25, -0.2) is 4.79 Å². The lowest BCUT2D eigenvalue weighted by atomic mass is 10.1. The molecular weight excluding hydrogens is 289 g/mol. The van der Waals surface area contributed by atoms with E-state index in [-0.39, 0.29) is 0 Å². The van der Waals surface area contributed by atoms with E-state index in [0.717, 1.165) is 0 Å². The average Bonchev–Trinajstić information content (AvgIpc) is 2.63. The van der Waals surface area contributed by atoms with Crippen LogP contribution in [0.1, 0.15) is 16.1 Å². The van der Waals surface area contributed by atoms with Gasteiger partial charge in [-0.1, -0.05) is 23.2 Å². The summed E-state index contributed by atoms with van der Waals surface area (Å²) < 4.78 is 6.31. The molecule has 0 spiro atoms. The molecule has 0 aromatic carbocycles. The largest absolute Gasteiger partial charge is 0.465 e. The minimum atomic E-state index is -0.478. The highest BCUT2D eigenvalue weighted by atomic mass is 35.5. The van der Waals surface area contributed by atoms with E-state index < -0.39 is 5.97 Å². The molecule has 19 heavy (non-hydrogen) atoms. The zero-order valence-electron chi connectivity index (χ0n) is 10.6. The third kappa shape index (κ3) is 2.43. The lowest BCUT2D eigenvalue weighted by Gasteiger charge is -2.07. The third-order valence-electron chi connectivity index (χ3n) is 2.64. The second-order valence-electron chi connectivity index (χ2n) is 3.91. The number of rotatable bonds is 2. The van der Waals surface area contributed by atoms with Gasteiger partial charge in [0, 0.05) is 13.2 Å². The van der Waals surface area contributed by atoms with E-state index in [2.05, 4.69) is 10.1 Å². The molecule has 0 N–H and O–H groups in total. The first-order chi connectivity index (χ1) is 8.95. The lowest BCUT2D eigenvalue weighted by molar-refractivity contribution is 0.0600. The number of hydrogen-bond acceptors (Lipinski definition) is 4. The van der Waals surface area contributed by atoms with Gasteiger partial charge in [0.2, 0.25) is 0 Å². The minimum Gasteiger partial charge on any atom is -0.465 e. The Labute approximate surface area is 120 Å². The fourth-order valence-corrected chi connectivity index (χ4v) is 2.33. The zero-order valence-corrected chi connectivity index (χ0v) is 12.1. The molecule has 0 amide bonds. The van der Waals surface area contributed by atoms with Crippen LogP contribution in [0.15, 0.2) is 12.3 Å². The number of carbonyl (C=O) groups is 1. The van der Waals surface area contributed by atoms with Crippen molar-refractivity contribution in [2.75, 3.05) is 7.11 Å². The number of halogens is 2. The second-order valence-corrected chi connectivity index (χ2v) is 4.75. The summed E-state index contributed by atoms with van der Waals surface area (Å²) >= 11 is 11.9. The molecule has 0 aliphatic carbocycles. The molecule has 2 heterocycles. The van der Waals surface area contributed by atoms with Gasteiger partial charge in [-0.05, 0) is 13.0 Å². The van der Waals surface area contributed by atoms with E-state index in [1.54, 1.807) is 24.7 Å². The maximum Gasteiger partial charge on any atom is 0.342 e. The topological polar surface area (TPSA) is 57.0 Å². The summed E-state index contributed by atoms with van der Waals surface area (Å²) in [6.07, 6.45) is 1.46. The highest BCUT2D eigenvalue weighted by Gasteiger charge is 2.24. The van der Waals surface area contributed by atoms with Crippen LogP contribution >= 0.6 is 23.2 Å². The Morgan fingerprint density at radius 1 is 1.42 bits per heavy atom. The van der Waals surface area contributed by atoms with Gasteiger partial charge in [-0.3, -0.25) is 9.67 Å². The van der Waals surface area contributed by atoms with E-state index in [9.17, 15) is 4.79 Å². The Hall–Kier alpha value is -1.59. The molecule has 0 radical (unpaired) electrons. The molecule has 7 heteroatoms. The number of ether oxygens (including phenoxy) is 1. The predicted molar refractivity (Wildman–Crippen MR) is 72.5 cm³/mol. The van der Waals surface area contributed by atoms with Gasteiger partial charge in [0.25, 0.3) is 0 Å². The van der Waals surface area contributed by atoms with Crippen LogP contribution in [0.4, 0.5) is 0 Å². The summed E-state index contributed by atoms with van der Waals surface area (Å²) in [4.78, 5) is 16.0. The van der Waals surface area contributed by atoms with Crippen molar-refractivity contribution in [2.24, 2.45) is 7.05 Å². The second kappa shape index (κ2) is 5.19. The Morgan fingerprint density at radius 3 is 2.68 bits per heavy atom. The van der Waals surface area contributed by atoms with Gasteiger partial charge in [-0.15, -0.1) is 0 Å². The van der Waals surface area contributed by atoms with Gasteiger partial charge >= 0.3 is 5.97 Å². The quantitative estimate of drug-likeness (QED) is 0.800. The van der Waals surface area contributed by atoms with Crippen molar-refractivity contribution in [3.05, 3.63) is 33.6 Å². The van der Waals surface area contributed by atoms with Crippen LogP contribution in [0.2, 0.25) is 10.0 Å². The normalized spacial score (nSPS) is 10.6. The third-order valence-corrected chi connectivity index (χ3v) is 3.14. The Bertz CT molecular complexity index is 653. The number of nitrogens with zero attached hydrogens (tertiary/aromatic N) is 3. The molecule has 5 nitrogen and oxygen atoms in total. The predicted octanol–water partition coefficient (Wildman–Crippen LogP) is 2.88. The average molecular weight is 300 g/mol. The number of esters is 1. The van der Waals surface area contributed by atoms with E-state index in [1.807, 2.05) is 0 Å². The molecule has 100 valence electrons. The standard InChI is InChI=1S/C12H11Cl2N3O2/c1-6-9(12(18)19-3)11(17(2)16-6)10-8(14)4-7(13)5-15-10/h4-5H,1-3H3. The van der Waals surface area contributed by atoms with E-state index in [0.29, 0.717) is 32.7 Å². The number of carbonyl (C=O) groups excluding carboxylic acids is 1. The molecule has 0 aliphatic rings. The van der Waals surface area contributed by atoms with Crippen molar-refractivity contribution in [2.45, 2.75) is 6.92 Å². The van der Waals surface area contributed by atoms with Crippen molar-refractivity contribution >= 4 is 29.2 Å². The maximum atomic E-state index is 11.8. The first-order valence-corrected chi connectivity index (χ1v) is 6.14. The van der Waals surface area contributed by atoms with E-state index >= 15 is 0 Å². The van der Waals surface area contributed by atoms with E-state index in [4.69, 9.17) is 27.9 Å². The molecule has 0 bridgehead atoms. The van der Waals surface area contributed by atoms with Crippen LogP contribution < -0.4 is 0 Å². The number of methoxy groups -OCH3 is 1. The van der Waals surface area contributed by atoms with Crippen molar-refractivity contribution in [3.8, 4) is 11.4 Å². The number of hydrogen-bond donors (Lipinski definition) is 0. The Balaban J connectivity index is 2.71. The molecule has 0 saturated heterocycles. The minimum absolute atomic E-state index is 0.348. The summed E-state index contributed by atoms with van der Waals surface area (Å²) in [6.45, 7) is 1.72. The van der Waals surface area contributed by atoms with Gasteiger partial charge in [0.15, 0.2) is 0 Å². The number of aromatic nitrogens is 3. The summed E-state index contributed by atoms with van der Waals surface area (Å²) in [5, 5.41) is 4.98. The monoisotopic (exact) mass is 299 g/mol. The molecule has 0 unspecified atom stereocenters. The molecule has 0 fully saturated rings. The fourth-order valence-electron chi connectivity index (χ4n) is 1.87. The summed E-state index contributed by atoms with van der Waals surface area (Å²) in [5.41, 5.74) is 1.85. The first-order valence-electron chi connectivity index (χ1n) is 5.39. The Morgan fingerprint density at radius 2 is 2.11 bits per heavy atom.